The maximum absolute atomic E-state index is 13.3. The lowest BCUT2D eigenvalue weighted by atomic mass is 10.2. The van der Waals surface area contributed by atoms with Gasteiger partial charge in [-0.15, -0.1) is 0 Å². The normalized spacial score (nSPS) is 13.9. The first kappa shape index (κ1) is 28.9. The molecule has 0 N–H and O–H groups in total. The Morgan fingerprint density at radius 3 is 2.19 bits per heavy atom. The van der Waals surface area contributed by atoms with Gasteiger partial charge in [-0.3, -0.25) is 0 Å². The van der Waals surface area contributed by atoms with Crippen molar-refractivity contribution < 1.29 is 17.9 Å². The van der Waals surface area contributed by atoms with Crippen LogP contribution in [-0.2, 0) is 16.6 Å². The fraction of sp³-hybridized carbons (Fsp3) is 0.212. The monoisotopic (exact) mass is 612 g/mol. The van der Waals surface area contributed by atoms with Gasteiger partial charge < -0.3 is 14.5 Å². The number of sulfonamides is 1. The third kappa shape index (κ3) is 6.41. The molecule has 0 bridgehead atoms. The molecule has 1 aliphatic rings. The third-order valence-corrected chi connectivity index (χ3v) is 10.5. The molecule has 1 saturated heterocycles. The highest BCUT2D eigenvalue weighted by molar-refractivity contribution is 7.89. The number of anilines is 2. The molecule has 220 valence electrons. The SMILES string of the molecule is CCN(Cc1ccccc1)S(=O)(=O)c1ccc(C(=O)Oc2ccc3nc(N4CCN(c5ccccc5)CC4)sc3c2)cc1. The summed E-state index contributed by atoms with van der Waals surface area (Å²) < 4.78 is 34.5. The molecule has 10 heteroatoms. The first-order chi connectivity index (χ1) is 20.9. The topological polar surface area (TPSA) is 83.0 Å². The van der Waals surface area contributed by atoms with Crippen molar-refractivity contribution >= 4 is 48.4 Å². The molecule has 1 aromatic heterocycles. The number of esters is 1. The predicted molar refractivity (Wildman–Crippen MR) is 172 cm³/mol. The van der Waals surface area contributed by atoms with Gasteiger partial charge in [0.25, 0.3) is 0 Å². The highest BCUT2D eigenvalue weighted by atomic mass is 32.2. The number of aromatic nitrogens is 1. The Morgan fingerprint density at radius 1 is 0.860 bits per heavy atom. The van der Waals surface area contributed by atoms with Crippen LogP contribution in [-0.4, -0.2) is 56.4 Å². The number of carbonyl (C=O) groups is 1. The molecule has 1 fully saturated rings. The van der Waals surface area contributed by atoms with Crippen molar-refractivity contribution in [2.45, 2.75) is 18.4 Å². The standard InChI is InChI=1S/C33H32N4O4S2/c1-2-37(24-25-9-5-3-6-10-25)43(39,40)29-16-13-26(14-17-29)32(38)41-28-15-18-30-31(23-28)42-33(34-30)36-21-19-35(20-22-36)27-11-7-4-8-12-27/h3-18,23H,2,19-22,24H2,1H3. The van der Waals surface area contributed by atoms with Gasteiger partial charge in [0.1, 0.15) is 5.75 Å². The molecule has 0 atom stereocenters. The van der Waals surface area contributed by atoms with Crippen LogP contribution < -0.4 is 14.5 Å². The summed E-state index contributed by atoms with van der Waals surface area (Å²) in [4.78, 5) is 22.6. The van der Waals surface area contributed by atoms with E-state index in [1.807, 2.05) is 48.5 Å². The fourth-order valence-corrected chi connectivity index (χ4v) is 7.60. The molecule has 0 aliphatic carbocycles. The summed E-state index contributed by atoms with van der Waals surface area (Å²) >= 11 is 1.58. The summed E-state index contributed by atoms with van der Waals surface area (Å²) in [5.41, 5.74) is 3.27. The van der Waals surface area contributed by atoms with Crippen molar-refractivity contribution in [3.8, 4) is 5.75 Å². The second kappa shape index (κ2) is 12.5. The number of benzene rings is 4. The van der Waals surface area contributed by atoms with Crippen LogP contribution in [0.15, 0.2) is 108 Å². The number of para-hydroxylation sites is 1. The molecular formula is C33H32N4O4S2. The first-order valence-electron chi connectivity index (χ1n) is 14.2. The average molecular weight is 613 g/mol. The van der Waals surface area contributed by atoms with Crippen molar-refractivity contribution in [1.82, 2.24) is 9.29 Å². The van der Waals surface area contributed by atoms with E-state index in [-0.39, 0.29) is 17.0 Å². The van der Waals surface area contributed by atoms with Crippen LogP contribution >= 0.6 is 11.3 Å². The lowest BCUT2D eigenvalue weighted by Crippen LogP contribution is -2.46. The second-order valence-corrected chi connectivity index (χ2v) is 13.2. The number of ether oxygens (including phenoxy) is 1. The van der Waals surface area contributed by atoms with E-state index in [0.717, 1.165) is 47.1 Å². The quantitative estimate of drug-likeness (QED) is 0.148. The van der Waals surface area contributed by atoms with Gasteiger partial charge in [0.2, 0.25) is 10.0 Å². The molecular weight excluding hydrogens is 581 g/mol. The lowest BCUT2D eigenvalue weighted by Gasteiger charge is -2.35. The highest BCUT2D eigenvalue weighted by Crippen LogP contribution is 2.32. The number of piperazine rings is 1. The molecule has 1 aliphatic heterocycles. The van der Waals surface area contributed by atoms with Crippen LogP contribution in [0.2, 0.25) is 0 Å². The average Bonchev–Trinajstić information content (AvgIpc) is 3.48. The minimum Gasteiger partial charge on any atom is -0.423 e. The zero-order chi connectivity index (χ0) is 29.8. The third-order valence-electron chi connectivity index (χ3n) is 7.51. The predicted octanol–water partition coefficient (Wildman–Crippen LogP) is 6.05. The van der Waals surface area contributed by atoms with Crippen molar-refractivity contribution in [3.05, 3.63) is 114 Å². The smallest absolute Gasteiger partial charge is 0.343 e. The van der Waals surface area contributed by atoms with E-state index < -0.39 is 16.0 Å². The first-order valence-corrected chi connectivity index (χ1v) is 16.5. The van der Waals surface area contributed by atoms with Crippen molar-refractivity contribution in [2.24, 2.45) is 0 Å². The lowest BCUT2D eigenvalue weighted by molar-refractivity contribution is 0.0735. The molecule has 0 amide bonds. The van der Waals surface area contributed by atoms with E-state index in [1.54, 1.807) is 24.3 Å². The van der Waals surface area contributed by atoms with E-state index >= 15 is 0 Å². The Labute approximate surface area is 255 Å². The maximum Gasteiger partial charge on any atom is 0.343 e. The van der Waals surface area contributed by atoms with E-state index in [2.05, 4.69) is 34.1 Å². The van der Waals surface area contributed by atoms with Crippen molar-refractivity contribution in [2.75, 3.05) is 42.5 Å². The zero-order valence-electron chi connectivity index (χ0n) is 23.8. The summed E-state index contributed by atoms with van der Waals surface area (Å²) in [5.74, 6) is -0.139. The Bertz CT molecular complexity index is 1800. The number of hydrogen-bond acceptors (Lipinski definition) is 8. The van der Waals surface area contributed by atoms with Crippen LogP contribution in [0.5, 0.6) is 5.75 Å². The minimum absolute atomic E-state index is 0.130. The molecule has 43 heavy (non-hydrogen) atoms. The van der Waals surface area contributed by atoms with Gasteiger partial charge >= 0.3 is 5.97 Å². The van der Waals surface area contributed by atoms with E-state index in [9.17, 15) is 13.2 Å². The van der Waals surface area contributed by atoms with E-state index in [4.69, 9.17) is 9.72 Å². The van der Waals surface area contributed by atoms with Crippen LogP contribution in [0.25, 0.3) is 10.2 Å². The molecule has 2 heterocycles. The van der Waals surface area contributed by atoms with Gasteiger partial charge in [-0.2, -0.15) is 4.31 Å². The summed E-state index contributed by atoms with van der Waals surface area (Å²) in [6.45, 7) is 6.01. The Balaban J connectivity index is 1.10. The molecule has 0 unspecified atom stereocenters. The number of hydrogen-bond donors (Lipinski definition) is 0. The molecule has 0 saturated carbocycles. The van der Waals surface area contributed by atoms with Crippen LogP contribution in [0.1, 0.15) is 22.8 Å². The zero-order valence-corrected chi connectivity index (χ0v) is 25.4. The van der Waals surface area contributed by atoms with E-state index in [0.29, 0.717) is 12.3 Å². The summed E-state index contributed by atoms with van der Waals surface area (Å²) in [6, 6.07) is 31.2. The van der Waals surface area contributed by atoms with Gasteiger partial charge in [0.05, 0.1) is 20.7 Å². The van der Waals surface area contributed by atoms with Gasteiger partial charge in [0, 0.05) is 51.0 Å². The van der Waals surface area contributed by atoms with Crippen molar-refractivity contribution in [3.63, 3.8) is 0 Å². The van der Waals surface area contributed by atoms with Gasteiger partial charge in [-0.1, -0.05) is 66.8 Å². The molecule has 0 spiro atoms. The van der Waals surface area contributed by atoms with Crippen molar-refractivity contribution in [1.29, 1.82) is 0 Å². The number of carbonyl (C=O) groups excluding carboxylic acids is 1. The number of thiazole rings is 1. The fourth-order valence-electron chi connectivity index (χ4n) is 5.12. The summed E-state index contributed by atoms with van der Waals surface area (Å²) in [5, 5.41) is 0.955. The number of fused-ring (bicyclic) bond motifs is 1. The van der Waals surface area contributed by atoms with E-state index in [1.165, 1.54) is 34.3 Å². The summed E-state index contributed by atoms with van der Waals surface area (Å²) in [6.07, 6.45) is 0. The molecule has 5 aromatic rings. The largest absolute Gasteiger partial charge is 0.423 e. The molecule has 8 nitrogen and oxygen atoms in total. The number of rotatable bonds is 9. The van der Waals surface area contributed by atoms with Crippen LogP contribution in [0.4, 0.5) is 10.8 Å². The number of nitrogens with zero attached hydrogens (tertiary/aromatic N) is 4. The Kier molecular flexibility index (Phi) is 8.42. The molecule has 6 rings (SSSR count). The van der Waals surface area contributed by atoms with Gasteiger partial charge in [-0.25, -0.2) is 18.2 Å². The minimum atomic E-state index is -3.73. The highest BCUT2D eigenvalue weighted by Gasteiger charge is 2.24. The van der Waals surface area contributed by atoms with Crippen LogP contribution in [0, 0.1) is 0 Å². The van der Waals surface area contributed by atoms with Gasteiger partial charge in [-0.05, 0) is 54.1 Å². The maximum atomic E-state index is 13.3. The van der Waals surface area contributed by atoms with Gasteiger partial charge in [0.15, 0.2) is 5.13 Å². The molecule has 4 aromatic carbocycles. The Morgan fingerprint density at radius 2 is 1.51 bits per heavy atom. The van der Waals surface area contributed by atoms with Crippen LogP contribution in [0.3, 0.4) is 0 Å². The second-order valence-electron chi connectivity index (χ2n) is 10.3. The molecule has 0 radical (unpaired) electrons. The summed E-state index contributed by atoms with van der Waals surface area (Å²) in [7, 11) is -3.73. The Hall–Kier alpha value is -4.25.